The smallest absolute Gasteiger partial charge is 0.412 e. The van der Waals surface area contributed by atoms with Crippen molar-refractivity contribution in [2.45, 2.75) is 33.3 Å². The van der Waals surface area contributed by atoms with Crippen LogP contribution >= 0.6 is 11.6 Å². The van der Waals surface area contributed by atoms with E-state index < -0.39 is 17.6 Å². The van der Waals surface area contributed by atoms with Crippen molar-refractivity contribution in [2.24, 2.45) is 0 Å². The lowest BCUT2D eigenvalue weighted by atomic mass is 10.1. The van der Waals surface area contributed by atoms with E-state index in [2.05, 4.69) is 27.5 Å². The Hall–Kier alpha value is -3.82. The van der Waals surface area contributed by atoms with Crippen LogP contribution in [0.4, 0.5) is 16.3 Å². The zero-order valence-electron chi connectivity index (χ0n) is 18.8. The standard InChI is InChI=1S/C26H24ClN3O3/c1-17-14-19(11-10-18-8-6-5-7-9-18)16-28-23(17)30-24(31)21-15-20(12-13-22(21)27)29-25(32)33-26(2,3)4/h5-9,12-16H,1-4H3,(H,29,32)(H,28,30,31). The Bertz CT molecular complexity index is 1240. The minimum Gasteiger partial charge on any atom is -0.444 e. The first-order valence-corrected chi connectivity index (χ1v) is 10.6. The topological polar surface area (TPSA) is 80.3 Å². The summed E-state index contributed by atoms with van der Waals surface area (Å²) in [6.07, 6.45) is 0.974. The third-order valence-electron chi connectivity index (χ3n) is 4.29. The number of rotatable bonds is 3. The number of nitrogens with one attached hydrogen (secondary N) is 2. The average molecular weight is 462 g/mol. The average Bonchev–Trinajstić information content (AvgIpc) is 2.74. The SMILES string of the molecule is Cc1cc(C#Cc2ccccc2)cnc1NC(=O)c1cc(NC(=O)OC(C)(C)C)ccc1Cl. The van der Waals surface area contributed by atoms with E-state index >= 15 is 0 Å². The summed E-state index contributed by atoms with van der Waals surface area (Å²) in [5.41, 5.74) is 2.33. The van der Waals surface area contributed by atoms with Gasteiger partial charge in [0, 0.05) is 23.0 Å². The number of hydrogen-bond acceptors (Lipinski definition) is 4. The first-order valence-electron chi connectivity index (χ1n) is 10.3. The van der Waals surface area contributed by atoms with Crippen molar-refractivity contribution in [1.82, 2.24) is 4.98 Å². The molecule has 1 aromatic heterocycles. The molecule has 0 bridgehead atoms. The molecule has 0 aliphatic rings. The number of nitrogens with zero attached hydrogens (tertiary/aromatic N) is 1. The molecular weight excluding hydrogens is 438 g/mol. The minimum atomic E-state index is -0.641. The number of pyridine rings is 1. The number of ether oxygens (including phenoxy) is 1. The largest absolute Gasteiger partial charge is 0.444 e. The van der Waals surface area contributed by atoms with E-state index in [-0.39, 0.29) is 10.6 Å². The van der Waals surface area contributed by atoms with E-state index in [0.29, 0.717) is 11.5 Å². The molecule has 0 saturated carbocycles. The van der Waals surface area contributed by atoms with Crippen LogP contribution in [-0.4, -0.2) is 22.6 Å². The van der Waals surface area contributed by atoms with E-state index in [0.717, 1.165) is 16.7 Å². The van der Waals surface area contributed by atoms with Gasteiger partial charge in [0.05, 0.1) is 10.6 Å². The van der Waals surface area contributed by atoms with E-state index in [9.17, 15) is 9.59 Å². The number of anilines is 2. The second-order valence-corrected chi connectivity index (χ2v) is 8.69. The lowest BCUT2D eigenvalue weighted by Gasteiger charge is -2.20. The predicted molar refractivity (Wildman–Crippen MR) is 131 cm³/mol. The van der Waals surface area contributed by atoms with E-state index in [1.807, 2.05) is 43.3 Å². The minimum absolute atomic E-state index is 0.194. The van der Waals surface area contributed by atoms with Crippen molar-refractivity contribution in [3.63, 3.8) is 0 Å². The molecule has 0 radical (unpaired) electrons. The fraction of sp³-hybridized carbons (Fsp3) is 0.192. The summed E-state index contributed by atoms with van der Waals surface area (Å²) in [6.45, 7) is 7.13. The number of halogens is 1. The first kappa shape index (κ1) is 23.8. The van der Waals surface area contributed by atoms with Crippen molar-refractivity contribution in [3.8, 4) is 11.8 Å². The van der Waals surface area contributed by atoms with Crippen molar-refractivity contribution in [1.29, 1.82) is 0 Å². The highest BCUT2D eigenvalue weighted by atomic mass is 35.5. The summed E-state index contributed by atoms with van der Waals surface area (Å²) in [4.78, 5) is 29.2. The number of aromatic nitrogens is 1. The van der Waals surface area contributed by atoms with Gasteiger partial charge in [-0.15, -0.1) is 0 Å². The molecule has 6 nitrogen and oxygen atoms in total. The van der Waals surface area contributed by atoms with Gasteiger partial charge in [0.2, 0.25) is 0 Å². The van der Waals surface area contributed by atoms with Crippen LogP contribution < -0.4 is 10.6 Å². The summed E-state index contributed by atoms with van der Waals surface area (Å²) in [5, 5.41) is 5.60. The molecule has 2 amide bonds. The Kier molecular flexibility index (Phi) is 7.37. The lowest BCUT2D eigenvalue weighted by Crippen LogP contribution is -2.27. The molecule has 2 aromatic carbocycles. The maximum absolute atomic E-state index is 12.8. The van der Waals surface area contributed by atoms with Crippen molar-refractivity contribution < 1.29 is 14.3 Å². The number of amides is 2. The van der Waals surface area contributed by atoms with E-state index in [1.165, 1.54) is 12.1 Å². The Morgan fingerprint density at radius 3 is 2.33 bits per heavy atom. The number of aryl methyl sites for hydroxylation is 1. The molecule has 3 aromatic rings. The summed E-state index contributed by atoms with van der Waals surface area (Å²) in [5.74, 6) is 6.09. The molecule has 168 valence electrons. The fourth-order valence-corrected chi connectivity index (χ4v) is 3.02. The summed E-state index contributed by atoms with van der Waals surface area (Å²) in [7, 11) is 0. The third-order valence-corrected chi connectivity index (χ3v) is 4.62. The van der Waals surface area contributed by atoms with Crippen LogP contribution in [0.15, 0.2) is 60.8 Å². The van der Waals surface area contributed by atoms with Crippen LogP contribution in [0.25, 0.3) is 0 Å². The summed E-state index contributed by atoms with van der Waals surface area (Å²) < 4.78 is 5.24. The van der Waals surface area contributed by atoms with Crippen LogP contribution in [0.5, 0.6) is 0 Å². The van der Waals surface area contributed by atoms with Gasteiger partial charge in [0.1, 0.15) is 11.4 Å². The number of hydrogen-bond donors (Lipinski definition) is 2. The molecule has 0 saturated heterocycles. The van der Waals surface area contributed by atoms with Crippen molar-refractivity contribution >= 4 is 35.1 Å². The molecular formula is C26H24ClN3O3. The highest BCUT2D eigenvalue weighted by molar-refractivity contribution is 6.34. The van der Waals surface area contributed by atoms with E-state index in [4.69, 9.17) is 16.3 Å². The number of carbonyl (C=O) groups excluding carboxylic acids is 2. The van der Waals surface area contributed by atoms with Crippen LogP contribution in [0.1, 0.15) is 47.8 Å². The highest BCUT2D eigenvalue weighted by Crippen LogP contribution is 2.23. The van der Waals surface area contributed by atoms with Gasteiger partial charge in [0.25, 0.3) is 5.91 Å². The van der Waals surface area contributed by atoms with E-state index in [1.54, 1.807) is 33.0 Å². The van der Waals surface area contributed by atoms with Crippen molar-refractivity contribution in [3.05, 3.63) is 88.1 Å². The fourth-order valence-electron chi connectivity index (χ4n) is 2.81. The lowest BCUT2D eigenvalue weighted by molar-refractivity contribution is 0.0635. The Morgan fingerprint density at radius 1 is 0.970 bits per heavy atom. The summed E-state index contributed by atoms with van der Waals surface area (Å²) >= 11 is 6.22. The second kappa shape index (κ2) is 10.2. The maximum atomic E-state index is 12.8. The molecule has 7 heteroatoms. The molecule has 0 fully saturated rings. The molecule has 0 aliphatic carbocycles. The molecule has 0 spiro atoms. The predicted octanol–water partition coefficient (Wildman–Crippen LogP) is 6.04. The van der Waals surface area contributed by atoms with Crippen LogP contribution in [0.2, 0.25) is 5.02 Å². The molecule has 3 rings (SSSR count). The van der Waals surface area contributed by atoms with Gasteiger partial charge in [-0.3, -0.25) is 10.1 Å². The normalized spacial score (nSPS) is 10.6. The first-order chi connectivity index (χ1) is 15.6. The zero-order valence-corrected chi connectivity index (χ0v) is 19.6. The summed E-state index contributed by atoms with van der Waals surface area (Å²) in [6, 6.07) is 16.1. The van der Waals surface area contributed by atoms with Gasteiger partial charge in [-0.05, 0) is 69.7 Å². The maximum Gasteiger partial charge on any atom is 0.412 e. The van der Waals surface area contributed by atoms with Gasteiger partial charge >= 0.3 is 6.09 Å². The molecule has 2 N–H and O–H groups in total. The van der Waals surface area contributed by atoms with Crippen LogP contribution in [0, 0.1) is 18.8 Å². The van der Waals surface area contributed by atoms with Gasteiger partial charge in [-0.1, -0.05) is 41.6 Å². The van der Waals surface area contributed by atoms with Gasteiger partial charge in [-0.2, -0.15) is 0 Å². The molecule has 33 heavy (non-hydrogen) atoms. The molecule has 0 aliphatic heterocycles. The highest BCUT2D eigenvalue weighted by Gasteiger charge is 2.18. The van der Waals surface area contributed by atoms with Crippen molar-refractivity contribution in [2.75, 3.05) is 10.6 Å². The molecule has 1 heterocycles. The zero-order chi connectivity index (χ0) is 24.0. The molecule has 0 atom stereocenters. The quantitative estimate of drug-likeness (QED) is 0.466. The van der Waals surface area contributed by atoms with Gasteiger partial charge in [0.15, 0.2) is 0 Å². The van der Waals surface area contributed by atoms with Gasteiger partial charge in [-0.25, -0.2) is 9.78 Å². The third kappa shape index (κ3) is 7.09. The monoisotopic (exact) mass is 461 g/mol. The molecule has 0 unspecified atom stereocenters. The van der Waals surface area contributed by atoms with Crippen LogP contribution in [0.3, 0.4) is 0 Å². The Balaban J connectivity index is 1.73. The van der Waals surface area contributed by atoms with Crippen LogP contribution in [-0.2, 0) is 4.74 Å². The Morgan fingerprint density at radius 2 is 1.67 bits per heavy atom. The number of benzene rings is 2. The number of carbonyl (C=O) groups is 2. The second-order valence-electron chi connectivity index (χ2n) is 8.28. The van der Waals surface area contributed by atoms with Gasteiger partial charge < -0.3 is 10.1 Å². The Labute approximate surface area is 198 Å².